The summed E-state index contributed by atoms with van der Waals surface area (Å²) in [6.45, 7) is 8.50. The lowest BCUT2D eigenvalue weighted by Crippen LogP contribution is -2.27. The zero-order valence-electron chi connectivity index (χ0n) is 13.6. The molecule has 0 bridgehead atoms. The molecule has 1 atom stereocenters. The Kier molecular flexibility index (Phi) is 5.35. The van der Waals surface area contributed by atoms with Crippen LogP contribution in [0.25, 0.3) is 0 Å². The van der Waals surface area contributed by atoms with Gasteiger partial charge >= 0.3 is 0 Å². The number of carbonyl (C=O) groups is 1. The van der Waals surface area contributed by atoms with Crippen LogP contribution in [-0.2, 0) is 10.2 Å². The maximum atomic E-state index is 12.0. The number of hydrogen-bond donors (Lipinski definition) is 1. The quantitative estimate of drug-likeness (QED) is 0.823. The number of benzene rings is 1. The second-order valence-corrected chi connectivity index (χ2v) is 7.42. The molecule has 2 rings (SSSR count). The van der Waals surface area contributed by atoms with Gasteiger partial charge in [-0.3, -0.25) is 4.79 Å². The van der Waals surface area contributed by atoms with Crippen molar-refractivity contribution < 1.29 is 9.21 Å². The van der Waals surface area contributed by atoms with Gasteiger partial charge in [-0.15, -0.1) is 11.8 Å². The van der Waals surface area contributed by atoms with Gasteiger partial charge in [0.05, 0.1) is 18.1 Å². The summed E-state index contributed by atoms with van der Waals surface area (Å²) in [4.78, 5) is 13.1. The van der Waals surface area contributed by atoms with E-state index in [1.54, 1.807) is 18.0 Å². The van der Waals surface area contributed by atoms with Crippen molar-refractivity contribution in [3.8, 4) is 0 Å². The molecule has 22 heavy (non-hydrogen) atoms. The second-order valence-electron chi connectivity index (χ2n) is 6.37. The molecule has 1 N–H and O–H groups in total. The molecule has 0 aliphatic rings. The molecular weight excluding hydrogens is 294 g/mol. The molecule has 118 valence electrons. The van der Waals surface area contributed by atoms with Gasteiger partial charge in [0, 0.05) is 4.90 Å². The van der Waals surface area contributed by atoms with E-state index < -0.39 is 0 Å². The maximum absolute atomic E-state index is 12.0. The summed E-state index contributed by atoms with van der Waals surface area (Å²) in [5.41, 5.74) is 1.45. The first-order valence-corrected chi connectivity index (χ1v) is 8.41. The summed E-state index contributed by atoms with van der Waals surface area (Å²) >= 11 is 1.54. The highest BCUT2D eigenvalue weighted by Gasteiger charge is 2.14. The van der Waals surface area contributed by atoms with Gasteiger partial charge in [0.2, 0.25) is 5.91 Å². The van der Waals surface area contributed by atoms with Gasteiger partial charge in [0.1, 0.15) is 5.76 Å². The highest BCUT2D eigenvalue weighted by molar-refractivity contribution is 8.00. The molecule has 1 heterocycles. The predicted molar refractivity (Wildman–Crippen MR) is 91.1 cm³/mol. The van der Waals surface area contributed by atoms with Crippen LogP contribution in [-0.4, -0.2) is 11.7 Å². The second kappa shape index (κ2) is 7.05. The molecule has 0 unspecified atom stereocenters. The zero-order chi connectivity index (χ0) is 16.2. The Morgan fingerprint density at radius 2 is 1.91 bits per heavy atom. The Bertz CT molecular complexity index is 597. The largest absolute Gasteiger partial charge is 0.467 e. The molecule has 0 fully saturated rings. The first-order valence-electron chi connectivity index (χ1n) is 7.42. The molecule has 0 aliphatic carbocycles. The molecule has 0 saturated carbocycles. The number of thioether (sulfide) groups is 1. The number of carbonyl (C=O) groups excluding carboxylic acids is 1. The highest BCUT2D eigenvalue weighted by atomic mass is 32.2. The monoisotopic (exact) mass is 317 g/mol. The average molecular weight is 317 g/mol. The first kappa shape index (κ1) is 16.7. The van der Waals surface area contributed by atoms with E-state index in [9.17, 15) is 4.79 Å². The molecule has 0 radical (unpaired) electrons. The minimum Gasteiger partial charge on any atom is -0.467 e. The van der Waals surface area contributed by atoms with E-state index in [0.717, 1.165) is 10.7 Å². The number of furan rings is 1. The van der Waals surface area contributed by atoms with E-state index in [1.165, 1.54) is 5.56 Å². The fourth-order valence-corrected chi connectivity index (χ4v) is 2.80. The van der Waals surface area contributed by atoms with Crippen LogP contribution in [0.1, 0.15) is 45.1 Å². The van der Waals surface area contributed by atoms with Crippen molar-refractivity contribution in [2.75, 3.05) is 5.75 Å². The minimum atomic E-state index is -0.105. The molecule has 1 aromatic heterocycles. The maximum Gasteiger partial charge on any atom is 0.230 e. The fourth-order valence-electron chi connectivity index (χ4n) is 2.09. The van der Waals surface area contributed by atoms with E-state index in [0.29, 0.717) is 5.75 Å². The predicted octanol–water partition coefficient (Wildman–Crippen LogP) is 4.55. The standard InChI is InChI=1S/C18H23NO2S/c1-13(16-6-5-11-21-16)19-17(20)12-22-15-9-7-14(8-10-15)18(2,3)4/h5-11,13H,12H2,1-4H3,(H,19,20)/t13-/m0/s1. The van der Waals surface area contributed by atoms with Crippen LogP contribution in [0, 0.1) is 0 Å². The van der Waals surface area contributed by atoms with Gasteiger partial charge < -0.3 is 9.73 Å². The summed E-state index contributed by atoms with van der Waals surface area (Å²) in [6, 6.07) is 12.0. The topological polar surface area (TPSA) is 42.2 Å². The van der Waals surface area contributed by atoms with E-state index in [-0.39, 0.29) is 17.4 Å². The third-order valence-corrected chi connectivity index (χ3v) is 4.45. The zero-order valence-corrected chi connectivity index (χ0v) is 14.4. The molecule has 3 nitrogen and oxygen atoms in total. The van der Waals surface area contributed by atoms with Crippen molar-refractivity contribution >= 4 is 17.7 Å². The number of nitrogens with one attached hydrogen (secondary N) is 1. The van der Waals surface area contributed by atoms with Gasteiger partial charge in [-0.2, -0.15) is 0 Å². The van der Waals surface area contributed by atoms with Crippen LogP contribution in [0.5, 0.6) is 0 Å². The molecule has 1 aromatic carbocycles. The molecule has 0 aliphatic heterocycles. The van der Waals surface area contributed by atoms with E-state index in [4.69, 9.17) is 4.42 Å². The minimum absolute atomic E-state index is 0.00815. The smallest absolute Gasteiger partial charge is 0.230 e. The number of hydrogen-bond acceptors (Lipinski definition) is 3. The van der Waals surface area contributed by atoms with Crippen molar-refractivity contribution in [2.45, 2.75) is 44.0 Å². The van der Waals surface area contributed by atoms with Crippen LogP contribution in [0.15, 0.2) is 52.0 Å². The summed E-state index contributed by atoms with van der Waals surface area (Å²) < 4.78 is 5.28. The van der Waals surface area contributed by atoms with Crippen LogP contribution >= 0.6 is 11.8 Å². The number of rotatable bonds is 5. The summed E-state index contributed by atoms with van der Waals surface area (Å²) in [6.07, 6.45) is 1.61. The third-order valence-electron chi connectivity index (χ3n) is 3.44. The Morgan fingerprint density at radius 1 is 1.23 bits per heavy atom. The SMILES string of the molecule is C[C@H](NC(=O)CSc1ccc(C(C)(C)C)cc1)c1ccco1. The van der Waals surface area contributed by atoms with E-state index in [2.05, 4.69) is 50.4 Å². The van der Waals surface area contributed by atoms with Crippen molar-refractivity contribution in [1.82, 2.24) is 5.32 Å². The fraction of sp³-hybridized carbons (Fsp3) is 0.389. The lowest BCUT2D eigenvalue weighted by molar-refractivity contribution is -0.119. The van der Waals surface area contributed by atoms with Crippen molar-refractivity contribution in [2.24, 2.45) is 0 Å². The van der Waals surface area contributed by atoms with Crippen molar-refractivity contribution in [3.63, 3.8) is 0 Å². The molecule has 0 saturated heterocycles. The third kappa shape index (κ3) is 4.67. The van der Waals surface area contributed by atoms with Gasteiger partial charge in [-0.05, 0) is 42.2 Å². The lowest BCUT2D eigenvalue weighted by atomic mass is 9.87. The average Bonchev–Trinajstić information content (AvgIpc) is 2.99. The van der Waals surface area contributed by atoms with E-state index in [1.807, 2.05) is 19.1 Å². The van der Waals surface area contributed by atoms with Crippen LogP contribution < -0.4 is 5.32 Å². The molecular formula is C18H23NO2S. The van der Waals surface area contributed by atoms with E-state index >= 15 is 0 Å². The Hall–Kier alpha value is -1.68. The molecule has 4 heteroatoms. The molecule has 0 spiro atoms. The molecule has 1 amide bonds. The lowest BCUT2D eigenvalue weighted by Gasteiger charge is -2.19. The van der Waals surface area contributed by atoms with Crippen molar-refractivity contribution in [3.05, 3.63) is 54.0 Å². The van der Waals surface area contributed by atoms with Gasteiger partial charge in [0.15, 0.2) is 0 Å². The van der Waals surface area contributed by atoms with Crippen LogP contribution in [0.2, 0.25) is 0 Å². The van der Waals surface area contributed by atoms with Gasteiger partial charge in [-0.25, -0.2) is 0 Å². The Morgan fingerprint density at radius 3 is 2.45 bits per heavy atom. The molecule has 2 aromatic rings. The highest BCUT2D eigenvalue weighted by Crippen LogP contribution is 2.25. The normalized spacial score (nSPS) is 12.9. The van der Waals surface area contributed by atoms with Crippen LogP contribution in [0.4, 0.5) is 0 Å². The van der Waals surface area contributed by atoms with Gasteiger partial charge in [0.25, 0.3) is 0 Å². The Labute approximate surface area is 136 Å². The summed E-state index contributed by atoms with van der Waals surface area (Å²) in [5.74, 6) is 1.18. The summed E-state index contributed by atoms with van der Waals surface area (Å²) in [7, 11) is 0. The van der Waals surface area contributed by atoms with Crippen LogP contribution in [0.3, 0.4) is 0 Å². The van der Waals surface area contributed by atoms with Crippen molar-refractivity contribution in [1.29, 1.82) is 0 Å². The first-order chi connectivity index (χ1) is 10.4. The number of amides is 1. The summed E-state index contributed by atoms with van der Waals surface area (Å²) in [5, 5.41) is 2.93. The Balaban J connectivity index is 1.83. The van der Waals surface area contributed by atoms with Gasteiger partial charge in [-0.1, -0.05) is 32.9 Å².